The molecule has 0 bridgehead atoms. The molecule has 1 aromatic heterocycles. The first kappa shape index (κ1) is 22.8. The molecule has 148 valence electrons. The van der Waals surface area contributed by atoms with E-state index in [1.807, 2.05) is 12.1 Å². The highest BCUT2D eigenvalue weighted by atomic mass is 127. The zero-order valence-electron chi connectivity index (χ0n) is 16.0. The fraction of sp³-hybridized carbons (Fsp3) is 0.684. The topological polar surface area (TPSA) is 69.9 Å². The van der Waals surface area contributed by atoms with Crippen LogP contribution in [-0.4, -0.2) is 50.0 Å². The van der Waals surface area contributed by atoms with Gasteiger partial charge in [0.2, 0.25) is 5.91 Å². The summed E-state index contributed by atoms with van der Waals surface area (Å²) in [5, 5.41) is 6.21. The molecule has 0 saturated carbocycles. The molecule has 1 aliphatic heterocycles. The number of nitrogens with one attached hydrogen (secondary N) is 2. The second-order valence-electron chi connectivity index (χ2n) is 6.62. The van der Waals surface area contributed by atoms with Gasteiger partial charge in [-0.15, -0.1) is 24.0 Å². The molecule has 0 aromatic carbocycles. The molecule has 1 aliphatic rings. The van der Waals surface area contributed by atoms with E-state index in [1.54, 1.807) is 13.3 Å². The summed E-state index contributed by atoms with van der Waals surface area (Å²) in [5.41, 5.74) is 0. The van der Waals surface area contributed by atoms with Gasteiger partial charge in [-0.1, -0.05) is 13.3 Å². The van der Waals surface area contributed by atoms with Gasteiger partial charge >= 0.3 is 0 Å². The van der Waals surface area contributed by atoms with Gasteiger partial charge in [-0.3, -0.25) is 9.79 Å². The van der Waals surface area contributed by atoms with Crippen LogP contribution in [0.15, 0.2) is 27.8 Å². The number of likely N-dealkylation sites (tertiary alicyclic amines) is 1. The Bertz CT molecular complexity index is 526. The van der Waals surface area contributed by atoms with Crippen molar-refractivity contribution in [1.29, 1.82) is 0 Å². The van der Waals surface area contributed by atoms with Gasteiger partial charge < -0.3 is 20.0 Å². The van der Waals surface area contributed by atoms with Crippen molar-refractivity contribution >= 4 is 35.8 Å². The standard InChI is InChI=1S/C19H32N4O2.HI/c1-3-4-10-21-19(22-11-7-17-6-5-14-25-17)23-12-8-16(9-13-23)15-18(24)20-2;/h5-6,14,16H,3-4,7-13,15H2,1-2H3,(H,20,24)(H,21,22);1H. The summed E-state index contributed by atoms with van der Waals surface area (Å²) in [7, 11) is 1.71. The summed E-state index contributed by atoms with van der Waals surface area (Å²) in [6.45, 7) is 5.78. The number of carbonyl (C=O) groups is 1. The lowest BCUT2D eigenvalue weighted by atomic mass is 9.93. The minimum absolute atomic E-state index is 0. The highest BCUT2D eigenvalue weighted by Crippen LogP contribution is 2.20. The molecule has 2 rings (SSSR count). The summed E-state index contributed by atoms with van der Waals surface area (Å²) in [5.74, 6) is 2.62. The van der Waals surface area contributed by atoms with Crippen LogP contribution < -0.4 is 10.6 Å². The van der Waals surface area contributed by atoms with Crippen LogP contribution in [0, 0.1) is 5.92 Å². The molecule has 0 aliphatic carbocycles. The van der Waals surface area contributed by atoms with Crippen molar-refractivity contribution in [2.24, 2.45) is 10.9 Å². The average Bonchev–Trinajstić information content (AvgIpc) is 3.14. The molecule has 0 radical (unpaired) electrons. The first-order chi connectivity index (χ1) is 12.2. The third kappa shape index (κ3) is 7.97. The van der Waals surface area contributed by atoms with Crippen LogP contribution in [-0.2, 0) is 11.2 Å². The monoisotopic (exact) mass is 476 g/mol. The molecular formula is C19H33IN4O2. The first-order valence-electron chi connectivity index (χ1n) is 9.49. The number of amides is 1. The van der Waals surface area contributed by atoms with Gasteiger partial charge in [-0.25, -0.2) is 0 Å². The largest absolute Gasteiger partial charge is 0.469 e. The molecule has 2 heterocycles. The van der Waals surface area contributed by atoms with Crippen molar-refractivity contribution in [3.63, 3.8) is 0 Å². The van der Waals surface area contributed by atoms with Gasteiger partial charge in [0, 0.05) is 46.1 Å². The zero-order chi connectivity index (χ0) is 17.9. The Kier molecular flexibility index (Phi) is 11.4. The Balaban J connectivity index is 0.00000338. The maximum atomic E-state index is 11.6. The number of rotatable bonds is 8. The highest BCUT2D eigenvalue weighted by Gasteiger charge is 2.23. The second kappa shape index (κ2) is 13.0. The van der Waals surface area contributed by atoms with Gasteiger partial charge in [0.1, 0.15) is 5.76 Å². The molecule has 0 unspecified atom stereocenters. The summed E-state index contributed by atoms with van der Waals surface area (Å²) in [6.07, 6.45) is 7.54. The summed E-state index contributed by atoms with van der Waals surface area (Å²) in [4.78, 5) is 18.7. The number of aliphatic imine (C=N–C) groups is 1. The van der Waals surface area contributed by atoms with Gasteiger partial charge in [-0.05, 0) is 37.3 Å². The van der Waals surface area contributed by atoms with Gasteiger partial charge in [0.15, 0.2) is 5.96 Å². The van der Waals surface area contributed by atoms with Crippen molar-refractivity contribution in [3.05, 3.63) is 24.2 Å². The maximum absolute atomic E-state index is 11.6. The maximum Gasteiger partial charge on any atom is 0.220 e. The molecule has 2 N–H and O–H groups in total. The number of nitrogens with zero attached hydrogens (tertiary/aromatic N) is 2. The van der Waals surface area contributed by atoms with Crippen molar-refractivity contribution in [2.75, 3.05) is 33.2 Å². The molecule has 0 spiro atoms. The Morgan fingerprint density at radius 2 is 2.15 bits per heavy atom. The van der Waals surface area contributed by atoms with E-state index in [-0.39, 0.29) is 29.9 Å². The lowest BCUT2D eigenvalue weighted by Crippen LogP contribution is -2.46. The Hall–Kier alpha value is -1.25. The first-order valence-corrected chi connectivity index (χ1v) is 9.49. The zero-order valence-corrected chi connectivity index (χ0v) is 18.3. The summed E-state index contributed by atoms with van der Waals surface area (Å²) < 4.78 is 5.39. The lowest BCUT2D eigenvalue weighted by molar-refractivity contribution is -0.121. The van der Waals surface area contributed by atoms with Gasteiger partial charge in [-0.2, -0.15) is 0 Å². The Labute approximate surface area is 174 Å². The van der Waals surface area contributed by atoms with Crippen molar-refractivity contribution < 1.29 is 9.21 Å². The van der Waals surface area contributed by atoms with Crippen LogP contribution >= 0.6 is 24.0 Å². The summed E-state index contributed by atoms with van der Waals surface area (Å²) in [6, 6.07) is 3.92. The quantitative estimate of drug-likeness (QED) is 0.262. The molecule has 1 saturated heterocycles. The average molecular weight is 476 g/mol. The number of unbranched alkanes of at least 4 members (excludes halogenated alkanes) is 1. The molecule has 1 fully saturated rings. The molecular weight excluding hydrogens is 443 g/mol. The van der Waals surface area contributed by atoms with Gasteiger partial charge in [0.05, 0.1) is 6.26 Å². The molecule has 1 amide bonds. The third-order valence-electron chi connectivity index (χ3n) is 4.67. The number of guanidine groups is 1. The molecule has 0 atom stereocenters. The molecule has 1 aromatic rings. The number of hydrogen-bond donors (Lipinski definition) is 2. The van der Waals surface area contributed by atoms with Gasteiger partial charge in [0.25, 0.3) is 0 Å². The van der Waals surface area contributed by atoms with E-state index in [2.05, 4.69) is 22.5 Å². The lowest BCUT2D eigenvalue weighted by Gasteiger charge is -2.34. The van der Waals surface area contributed by atoms with E-state index in [0.717, 1.165) is 70.0 Å². The SMILES string of the molecule is CCCCN=C(NCCc1ccco1)N1CCC(CC(=O)NC)CC1.I. The molecule has 7 heteroatoms. The molecule has 26 heavy (non-hydrogen) atoms. The Morgan fingerprint density at radius 1 is 1.38 bits per heavy atom. The minimum Gasteiger partial charge on any atom is -0.469 e. The fourth-order valence-electron chi connectivity index (χ4n) is 3.08. The normalized spacial score (nSPS) is 15.5. The Morgan fingerprint density at radius 3 is 2.77 bits per heavy atom. The van der Waals surface area contributed by atoms with Crippen LogP contribution in [0.4, 0.5) is 0 Å². The van der Waals surface area contributed by atoms with Crippen molar-refractivity contribution in [1.82, 2.24) is 15.5 Å². The van der Waals surface area contributed by atoms with Crippen LogP contribution in [0.5, 0.6) is 0 Å². The number of hydrogen-bond acceptors (Lipinski definition) is 3. The van der Waals surface area contributed by atoms with Crippen LogP contribution in [0.3, 0.4) is 0 Å². The van der Waals surface area contributed by atoms with Crippen molar-refractivity contribution in [3.8, 4) is 0 Å². The van der Waals surface area contributed by atoms with E-state index in [1.165, 1.54) is 0 Å². The van der Waals surface area contributed by atoms with E-state index < -0.39 is 0 Å². The number of halogens is 1. The number of piperidine rings is 1. The van der Waals surface area contributed by atoms with Crippen molar-refractivity contribution in [2.45, 2.75) is 45.4 Å². The predicted molar refractivity (Wildman–Crippen MR) is 116 cm³/mol. The second-order valence-corrected chi connectivity index (χ2v) is 6.62. The minimum atomic E-state index is 0. The summed E-state index contributed by atoms with van der Waals surface area (Å²) >= 11 is 0. The van der Waals surface area contributed by atoms with E-state index >= 15 is 0 Å². The predicted octanol–water partition coefficient (Wildman–Crippen LogP) is 3.03. The fourth-order valence-corrected chi connectivity index (χ4v) is 3.08. The third-order valence-corrected chi connectivity index (χ3v) is 4.67. The van der Waals surface area contributed by atoms with E-state index in [0.29, 0.717) is 12.3 Å². The van der Waals surface area contributed by atoms with Crippen LogP contribution in [0.2, 0.25) is 0 Å². The smallest absolute Gasteiger partial charge is 0.220 e. The van der Waals surface area contributed by atoms with Crippen LogP contribution in [0.1, 0.15) is 44.8 Å². The van der Waals surface area contributed by atoms with E-state index in [4.69, 9.17) is 9.41 Å². The number of carbonyl (C=O) groups excluding carboxylic acids is 1. The highest BCUT2D eigenvalue weighted by molar-refractivity contribution is 14.0. The van der Waals surface area contributed by atoms with E-state index in [9.17, 15) is 4.79 Å². The molecule has 6 nitrogen and oxygen atoms in total. The van der Waals surface area contributed by atoms with Crippen LogP contribution in [0.25, 0.3) is 0 Å². The number of furan rings is 1.